The Hall–Kier alpha value is -0.490. The highest BCUT2D eigenvalue weighted by atomic mass is 79.9. The van der Waals surface area contributed by atoms with Crippen LogP contribution in [0.15, 0.2) is 16.6 Å². The minimum absolute atomic E-state index is 0.292. The second kappa shape index (κ2) is 6.98. The lowest BCUT2D eigenvalue weighted by Crippen LogP contribution is -2.40. The second-order valence-electron chi connectivity index (χ2n) is 4.98. The van der Waals surface area contributed by atoms with Gasteiger partial charge in [-0.2, -0.15) is 0 Å². The Balaban J connectivity index is 2.19. The third kappa shape index (κ3) is 3.58. The number of nitrogens with zero attached hydrogens (tertiary/aromatic N) is 1. The van der Waals surface area contributed by atoms with Gasteiger partial charge in [0.2, 0.25) is 0 Å². The quantitative estimate of drug-likeness (QED) is 0.677. The van der Waals surface area contributed by atoms with E-state index in [2.05, 4.69) is 31.9 Å². The summed E-state index contributed by atoms with van der Waals surface area (Å²) in [4.78, 5) is 13.9. The molecule has 0 aromatic heterocycles. The van der Waals surface area contributed by atoms with Crippen molar-refractivity contribution in [2.45, 2.75) is 19.3 Å². The molecular weight excluding hydrogens is 396 g/mol. The summed E-state index contributed by atoms with van der Waals surface area (Å²) in [6.45, 7) is 1.13. The molecule has 1 aromatic carbocycles. The Morgan fingerprint density at radius 1 is 1.35 bits per heavy atom. The number of amides is 1. The van der Waals surface area contributed by atoms with E-state index in [1.165, 1.54) is 0 Å². The van der Waals surface area contributed by atoms with Crippen LogP contribution in [0.2, 0.25) is 0 Å². The second-order valence-corrected chi connectivity index (χ2v) is 6.69. The van der Waals surface area contributed by atoms with E-state index < -0.39 is 23.1 Å². The van der Waals surface area contributed by atoms with Crippen molar-refractivity contribution in [1.29, 1.82) is 0 Å². The third-order valence-corrected chi connectivity index (χ3v) is 4.46. The van der Waals surface area contributed by atoms with Crippen LogP contribution in [0.1, 0.15) is 29.6 Å². The number of halogens is 4. The smallest absolute Gasteiger partial charge is 0.259 e. The summed E-state index contributed by atoms with van der Waals surface area (Å²) in [5, 5.41) is 0.876. The fourth-order valence-corrected chi connectivity index (χ4v) is 3.59. The number of piperidine rings is 1. The van der Waals surface area contributed by atoms with E-state index in [-0.39, 0.29) is 0 Å². The lowest BCUT2D eigenvalue weighted by molar-refractivity contribution is 0.0662. The molecule has 0 N–H and O–H groups in total. The highest BCUT2D eigenvalue weighted by molar-refractivity contribution is 9.10. The minimum atomic E-state index is -0.815. The average molecular weight is 411 g/mol. The van der Waals surface area contributed by atoms with E-state index in [1.807, 2.05) is 0 Å². The van der Waals surface area contributed by atoms with Gasteiger partial charge in [-0.3, -0.25) is 4.79 Å². The zero-order chi connectivity index (χ0) is 14.7. The molecule has 6 heteroatoms. The highest BCUT2D eigenvalue weighted by Gasteiger charge is 2.28. The molecule has 1 fully saturated rings. The van der Waals surface area contributed by atoms with Crippen molar-refractivity contribution >= 4 is 37.8 Å². The topological polar surface area (TPSA) is 20.3 Å². The molecule has 0 aliphatic carbocycles. The van der Waals surface area contributed by atoms with Crippen molar-refractivity contribution in [3.8, 4) is 0 Å². The number of benzene rings is 1. The number of hydrogen-bond donors (Lipinski definition) is 0. The van der Waals surface area contributed by atoms with Gasteiger partial charge < -0.3 is 4.90 Å². The largest absolute Gasteiger partial charge is 0.338 e. The molecule has 1 aromatic rings. The van der Waals surface area contributed by atoms with Gasteiger partial charge in [0.1, 0.15) is 17.2 Å². The SMILES string of the molecule is O=C(c1c(F)cc(Br)cc1F)N1CCCC(CCBr)C1. The van der Waals surface area contributed by atoms with E-state index in [0.717, 1.165) is 36.7 Å². The van der Waals surface area contributed by atoms with Crippen molar-refractivity contribution < 1.29 is 13.6 Å². The molecule has 1 unspecified atom stereocenters. The van der Waals surface area contributed by atoms with Gasteiger partial charge in [-0.1, -0.05) is 31.9 Å². The van der Waals surface area contributed by atoms with Gasteiger partial charge >= 0.3 is 0 Å². The maximum absolute atomic E-state index is 13.8. The van der Waals surface area contributed by atoms with Gasteiger partial charge in [0, 0.05) is 22.9 Å². The van der Waals surface area contributed by atoms with E-state index >= 15 is 0 Å². The Labute approximate surface area is 133 Å². The molecule has 1 amide bonds. The molecule has 1 atom stereocenters. The highest BCUT2D eigenvalue weighted by Crippen LogP contribution is 2.25. The first-order valence-corrected chi connectivity index (χ1v) is 8.44. The first kappa shape index (κ1) is 15.9. The van der Waals surface area contributed by atoms with Crippen LogP contribution in [-0.2, 0) is 0 Å². The average Bonchev–Trinajstić information content (AvgIpc) is 2.38. The maximum atomic E-state index is 13.8. The number of likely N-dealkylation sites (tertiary alicyclic amines) is 1. The summed E-state index contributed by atoms with van der Waals surface area (Å²) in [5.41, 5.74) is -0.451. The van der Waals surface area contributed by atoms with Crippen LogP contribution < -0.4 is 0 Å². The number of rotatable bonds is 3. The fraction of sp³-hybridized carbons (Fsp3) is 0.500. The van der Waals surface area contributed by atoms with Gasteiger partial charge in [0.25, 0.3) is 5.91 Å². The van der Waals surface area contributed by atoms with Crippen LogP contribution in [0, 0.1) is 17.6 Å². The maximum Gasteiger partial charge on any atom is 0.259 e. The summed E-state index contributed by atoms with van der Waals surface area (Å²) in [6, 6.07) is 2.24. The Kier molecular flexibility index (Phi) is 5.55. The molecule has 0 radical (unpaired) electrons. The van der Waals surface area contributed by atoms with Gasteiger partial charge in [0.05, 0.1) is 0 Å². The zero-order valence-electron chi connectivity index (χ0n) is 10.8. The lowest BCUT2D eigenvalue weighted by atomic mass is 9.95. The zero-order valence-corrected chi connectivity index (χ0v) is 14.0. The summed E-state index contributed by atoms with van der Waals surface area (Å²) < 4.78 is 28.0. The summed E-state index contributed by atoms with van der Waals surface area (Å²) in [7, 11) is 0. The van der Waals surface area contributed by atoms with E-state index in [0.29, 0.717) is 23.5 Å². The van der Waals surface area contributed by atoms with Crippen molar-refractivity contribution in [3.63, 3.8) is 0 Å². The number of alkyl halides is 1. The summed E-state index contributed by atoms with van der Waals surface area (Å²) >= 11 is 6.40. The molecule has 110 valence electrons. The predicted octanol–water partition coefficient (Wildman–Crippen LogP) is 4.36. The lowest BCUT2D eigenvalue weighted by Gasteiger charge is -2.32. The molecule has 1 aliphatic heterocycles. The normalized spacial score (nSPS) is 19.2. The monoisotopic (exact) mass is 409 g/mol. The van der Waals surface area contributed by atoms with Gasteiger partial charge in [-0.25, -0.2) is 8.78 Å². The number of carbonyl (C=O) groups excluding carboxylic acids is 1. The van der Waals surface area contributed by atoms with Crippen molar-refractivity contribution in [1.82, 2.24) is 4.90 Å². The van der Waals surface area contributed by atoms with Crippen LogP contribution in [0.25, 0.3) is 0 Å². The Bertz CT molecular complexity index is 485. The third-order valence-electron chi connectivity index (χ3n) is 3.54. The Morgan fingerprint density at radius 2 is 2.00 bits per heavy atom. The molecule has 0 bridgehead atoms. The summed E-state index contributed by atoms with van der Waals surface area (Å²) in [6.07, 6.45) is 2.90. The number of hydrogen-bond acceptors (Lipinski definition) is 1. The van der Waals surface area contributed by atoms with Crippen LogP contribution in [-0.4, -0.2) is 29.2 Å². The molecule has 2 nitrogen and oxygen atoms in total. The molecule has 2 rings (SSSR count). The minimum Gasteiger partial charge on any atom is -0.338 e. The van der Waals surface area contributed by atoms with E-state index in [4.69, 9.17) is 0 Å². The first-order chi connectivity index (χ1) is 9.52. The van der Waals surface area contributed by atoms with Crippen LogP contribution in [0.3, 0.4) is 0 Å². The van der Waals surface area contributed by atoms with Gasteiger partial charge in [0.15, 0.2) is 0 Å². The van der Waals surface area contributed by atoms with Crippen LogP contribution in [0.5, 0.6) is 0 Å². The molecule has 20 heavy (non-hydrogen) atoms. The first-order valence-electron chi connectivity index (χ1n) is 6.52. The Morgan fingerprint density at radius 3 is 2.60 bits per heavy atom. The predicted molar refractivity (Wildman–Crippen MR) is 81.1 cm³/mol. The molecule has 1 heterocycles. The van der Waals surface area contributed by atoms with Crippen molar-refractivity contribution in [2.24, 2.45) is 5.92 Å². The number of carbonyl (C=O) groups is 1. The van der Waals surface area contributed by atoms with Crippen molar-refractivity contribution in [2.75, 3.05) is 18.4 Å². The van der Waals surface area contributed by atoms with E-state index in [1.54, 1.807) is 4.90 Å². The van der Waals surface area contributed by atoms with E-state index in [9.17, 15) is 13.6 Å². The molecule has 1 aliphatic rings. The van der Waals surface area contributed by atoms with Crippen LogP contribution >= 0.6 is 31.9 Å². The summed E-state index contributed by atoms with van der Waals surface area (Å²) in [5.74, 6) is -1.78. The molecular formula is C14H15Br2F2NO. The van der Waals surface area contributed by atoms with Gasteiger partial charge in [-0.15, -0.1) is 0 Å². The standard InChI is InChI=1S/C14H15Br2F2NO/c15-4-3-9-2-1-5-19(8-9)14(20)13-11(17)6-10(16)7-12(13)18/h6-7,9H,1-5,8H2. The fourth-order valence-electron chi connectivity index (χ4n) is 2.54. The molecule has 1 saturated heterocycles. The molecule has 0 saturated carbocycles. The van der Waals surface area contributed by atoms with Crippen LogP contribution in [0.4, 0.5) is 8.78 Å². The molecule has 0 spiro atoms. The van der Waals surface area contributed by atoms with Gasteiger partial charge in [-0.05, 0) is 37.3 Å². The van der Waals surface area contributed by atoms with Crippen molar-refractivity contribution in [3.05, 3.63) is 33.8 Å².